The quantitative estimate of drug-likeness (QED) is 0.235. The zero-order valence-corrected chi connectivity index (χ0v) is 28.1. The molecule has 0 amide bonds. The number of hydrogen-bond acceptors (Lipinski definition) is 1. The van der Waals surface area contributed by atoms with Crippen LogP contribution >= 0.6 is 0 Å². The summed E-state index contributed by atoms with van der Waals surface area (Å²) in [7, 11) is 0. The highest BCUT2D eigenvalue weighted by Crippen LogP contribution is 2.48. The third-order valence-corrected chi connectivity index (χ3v) is 9.40. The van der Waals surface area contributed by atoms with Crippen molar-refractivity contribution in [3.8, 4) is 0 Å². The van der Waals surface area contributed by atoms with Gasteiger partial charge in [0.15, 0.2) is 5.78 Å². The highest BCUT2D eigenvalue weighted by Gasteiger charge is 2.34. The van der Waals surface area contributed by atoms with Crippen molar-refractivity contribution < 1.29 is 4.79 Å². The van der Waals surface area contributed by atoms with Crippen LogP contribution in [0.5, 0.6) is 0 Å². The second-order valence-electron chi connectivity index (χ2n) is 13.2. The molecule has 3 aliphatic carbocycles. The first-order valence-electron chi connectivity index (χ1n) is 17.4. The summed E-state index contributed by atoms with van der Waals surface area (Å²) in [4.78, 5) is 13.4. The fourth-order valence-electron chi connectivity index (χ4n) is 6.58. The largest absolute Gasteiger partial charge is 0.293 e. The van der Waals surface area contributed by atoms with Gasteiger partial charge in [-0.05, 0) is 116 Å². The summed E-state index contributed by atoms with van der Waals surface area (Å²) in [6.07, 6.45) is 14.9. The molecule has 0 spiro atoms. The van der Waals surface area contributed by atoms with Gasteiger partial charge in [-0.25, -0.2) is 0 Å². The molecule has 2 saturated carbocycles. The number of carbonyl (C=O) groups excluding carboxylic acids is 1. The van der Waals surface area contributed by atoms with Gasteiger partial charge in [0, 0.05) is 11.5 Å². The van der Waals surface area contributed by atoms with Crippen molar-refractivity contribution in [2.24, 2.45) is 5.92 Å². The lowest BCUT2D eigenvalue weighted by Crippen LogP contribution is -2.19. The smallest absolute Gasteiger partial charge is 0.170 e. The molecule has 3 aromatic rings. The van der Waals surface area contributed by atoms with Crippen LogP contribution in [-0.4, -0.2) is 5.78 Å². The van der Waals surface area contributed by atoms with Crippen molar-refractivity contribution in [1.29, 1.82) is 0 Å². The van der Waals surface area contributed by atoms with Crippen LogP contribution in [0.25, 0.3) is 11.6 Å². The maximum atomic E-state index is 13.4. The van der Waals surface area contributed by atoms with Gasteiger partial charge in [-0.3, -0.25) is 4.79 Å². The SMILES string of the molecule is CC.CCC1C(=O)C(c2ccc(C3CC3)cc2C2CC2)=Cc2cc(C)ccc21.CCCC(C)CCCc1ccc(C)cc1. The average molecular weight is 577 g/mol. The van der Waals surface area contributed by atoms with Gasteiger partial charge >= 0.3 is 0 Å². The molecule has 0 aliphatic heterocycles. The van der Waals surface area contributed by atoms with E-state index >= 15 is 0 Å². The fraction of sp³-hybridized carbons (Fsp3) is 0.500. The standard InChI is InChI=1S/C25H26O.C15H24.C2H6/c1-3-20-21-10-4-15(2)12-19(21)14-24(25(20)26)22-11-9-18(16-5-6-16)13-23(22)17-7-8-17;1-4-6-13(2)7-5-8-15-11-9-14(3)10-12-15;1-2/h4,9-14,16-17,20H,3,5-8H2,1-2H3;9-13H,4-8H2,1-3H3;1-2H3. The van der Waals surface area contributed by atoms with Gasteiger partial charge in [0.05, 0.1) is 0 Å². The van der Waals surface area contributed by atoms with Crippen molar-refractivity contribution in [1.82, 2.24) is 0 Å². The van der Waals surface area contributed by atoms with Crippen LogP contribution in [0.15, 0.2) is 60.7 Å². The predicted octanol–water partition coefficient (Wildman–Crippen LogP) is 12.1. The Kier molecular flexibility index (Phi) is 12.0. The molecule has 1 heteroatoms. The minimum atomic E-state index is 0.000705. The summed E-state index contributed by atoms with van der Waals surface area (Å²) in [5.74, 6) is 2.65. The Bertz CT molecular complexity index is 1370. The molecule has 3 aliphatic rings. The van der Waals surface area contributed by atoms with E-state index < -0.39 is 0 Å². The van der Waals surface area contributed by atoms with E-state index in [9.17, 15) is 4.79 Å². The maximum Gasteiger partial charge on any atom is 0.170 e. The molecule has 1 nitrogen and oxygen atoms in total. The number of rotatable bonds is 10. The van der Waals surface area contributed by atoms with Gasteiger partial charge in [0.1, 0.15) is 0 Å². The number of ketones is 1. The van der Waals surface area contributed by atoms with Crippen LogP contribution in [0.3, 0.4) is 0 Å². The molecule has 0 aromatic heterocycles. The van der Waals surface area contributed by atoms with E-state index in [1.54, 1.807) is 0 Å². The van der Waals surface area contributed by atoms with E-state index in [0.29, 0.717) is 11.7 Å². The average Bonchev–Trinajstić information content (AvgIpc) is 3.94. The summed E-state index contributed by atoms with van der Waals surface area (Å²) >= 11 is 0. The zero-order valence-electron chi connectivity index (χ0n) is 28.1. The minimum absolute atomic E-state index is 0.000705. The topological polar surface area (TPSA) is 17.1 Å². The van der Waals surface area contributed by atoms with Gasteiger partial charge < -0.3 is 0 Å². The molecule has 0 heterocycles. The third kappa shape index (κ3) is 8.81. The van der Waals surface area contributed by atoms with E-state index in [4.69, 9.17) is 0 Å². The van der Waals surface area contributed by atoms with E-state index in [0.717, 1.165) is 23.8 Å². The first-order chi connectivity index (χ1) is 20.9. The van der Waals surface area contributed by atoms with Crippen molar-refractivity contribution in [2.45, 2.75) is 130 Å². The Morgan fingerprint density at radius 1 is 0.767 bits per heavy atom. The van der Waals surface area contributed by atoms with Crippen LogP contribution in [0.2, 0.25) is 0 Å². The minimum Gasteiger partial charge on any atom is -0.293 e. The Hall–Kier alpha value is -2.93. The molecule has 2 unspecified atom stereocenters. The monoisotopic (exact) mass is 576 g/mol. The number of fused-ring (bicyclic) bond motifs is 1. The Labute approximate surface area is 263 Å². The molecule has 3 aromatic carbocycles. The van der Waals surface area contributed by atoms with Gasteiger partial charge in [-0.1, -0.05) is 126 Å². The molecule has 2 atom stereocenters. The van der Waals surface area contributed by atoms with Crippen molar-refractivity contribution in [3.05, 3.63) is 105 Å². The van der Waals surface area contributed by atoms with Gasteiger partial charge in [-0.15, -0.1) is 0 Å². The molecular formula is C42H56O. The van der Waals surface area contributed by atoms with Crippen LogP contribution in [0.4, 0.5) is 0 Å². The van der Waals surface area contributed by atoms with Crippen molar-refractivity contribution in [2.75, 3.05) is 0 Å². The molecule has 43 heavy (non-hydrogen) atoms. The van der Waals surface area contributed by atoms with Crippen LogP contribution < -0.4 is 0 Å². The fourth-order valence-corrected chi connectivity index (χ4v) is 6.58. The van der Waals surface area contributed by atoms with E-state index in [2.05, 4.69) is 101 Å². The van der Waals surface area contributed by atoms with Crippen LogP contribution in [0.1, 0.15) is 155 Å². The molecule has 0 N–H and O–H groups in total. The lowest BCUT2D eigenvalue weighted by atomic mass is 9.77. The lowest BCUT2D eigenvalue weighted by Gasteiger charge is -2.25. The lowest BCUT2D eigenvalue weighted by molar-refractivity contribution is -0.115. The van der Waals surface area contributed by atoms with Crippen LogP contribution in [-0.2, 0) is 11.2 Å². The second-order valence-corrected chi connectivity index (χ2v) is 13.2. The maximum absolute atomic E-state index is 13.4. The van der Waals surface area contributed by atoms with Crippen molar-refractivity contribution >= 4 is 17.4 Å². The van der Waals surface area contributed by atoms with Gasteiger partial charge in [0.25, 0.3) is 0 Å². The molecule has 6 rings (SSSR count). The molecular weight excluding hydrogens is 520 g/mol. The van der Waals surface area contributed by atoms with E-state index in [-0.39, 0.29) is 5.92 Å². The third-order valence-electron chi connectivity index (χ3n) is 9.40. The Morgan fingerprint density at radius 2 is 1.44 bits per heavy atom. The second kappa shape index (κ2) is 15.7. The zero-order chi connectivity index (χ0) is 30.9. The number of Topliss-reactive ketones (excluding diaryl/α,β-unsaturated/α-hetero) is 1. The Morgan fingerprint density at radius 3 is 2.07 bits per heavy atom. The molecule has 0 radical (unpaired) electrons. The normalized spacial score (nSPS) is 18.0. The van der Waals surface area contributed by atoms with Gasteiger partial charge in [0.2, 0.25) is 0 Å². The summed E-state index contributed by atoms with van der Waals surface area (Å²) in [5, 5.41) is 0. The van der Waals surface area contributed by atoms with Crippen LogP contribution in [0, 0.1) is 19.8 Å². The number of aryl methyl sites for hydroxylation is 3. The van der Waals surface area contributed by atoms with E-state index in [1.165, 1.54) is 102 Å². The summed E-state index contributed by atoms with van der Waals surface area (Å²) in [5.41, 5.74) is 11.6. The summed E-state index contributed by atoms with van der Waals surface area (Å²) in [6, 6.07) is 22.4. The number of benzene rings is 3. The number of hydrogen-bond donors (Lipinski definition) is 0. The molecule has 0 bridgehead atoms. The highest BCUT2D eigenvalue weighted by molar-refractivity contribution is 6.29. The number of carbonyl (C=O) groups is 1. The highest BCUT2D eigenvalue weighted by atomic mass is 16.1. The number of allylic oxidation sites excluding steroid dienone is 1. The molecule has 0 saturated heterocycles. The molecule has 2 fully saturated rings. The van der Waals surface area contributed by atoms with Crippen molar-refractivity contribution in [3.63, 3.8) is 0 Å². The first kappa shape index (κ1) is 33.0. The Balaban J connectivity index is 0.000000214. The molecule has 230 valence electrons. The predicted molar refractivity (Wildman–Crippen MR) is 187 cm³/mol. The summed E-state index contributed by atoms with van der Waals surface area (Å²) < 4.78 is 0. The first-order valence-corrected chi connectivity index (χ1v) is 17.4. The van der Waals surface area contributed by atoms with E-state index in [1.807, 2.05) is 13.8 Å². The van der Waals surface area contributed by atoms with Gasteiger partial charge in [-0.2, -0.15) is 0 Å². The summed E-state index contributed by atoms with van der Waals surface area (Å²) in [6.45, 7) is 15.1.